The van der Waals surface area contributed by atoms with Crippen molar-refractivity contribution in [1.29, 1.82) is 0 Å². The molecule has 1 N–H and O–H groups in total. The standard InChI is InChI=1S/C21H23F2N5S/c1-27(20-17-6-7-24-19(17)25-13-26-20)16-8-14(9-16)11-29-28-10-15-4-2-3-5-18(15)21(22,23)12-28/h2-7,13-14,16H,8-12H2,1H3,(H,24,25,26). The summed E-state index contributed by atoms with van der Waals surface area (Å²) in [5, 5.41) is 1.03. The summed E-state index contributed by atoms with van der Waals surface area (Å²) in [4.78, 5) is 14.1. The lowest BCUT2D eigenvalue weighted by Gasteiger charge is -2.42. The van der Waals surface area contributed by atoms with Crippen LogP contribution in [0.2, 0.25) is 0 Å². The Morgan fingerprint density at radius 2 is 2.07 bits per heavy atom. The van der Waals surface area contributed by atoms with Gasteiger partial charge in [0, 0.05) is 37.1 Å². The molecule has 3 aromatic rings. The molecule has 2 aromatic heterocycles. The van der Waals surface area contributed by atoms with Crippen molar-refractivity contribution < 1.29 is 8.78 Å². The molecule has 1 aromatic carbocycles. The van der Waals surface area contributed by atoms with E-state index < -0.39 is 5.92 Å². The Balaban J connectivity index is 1.16. The molecule has 1 saturated carbocycles. The first kappa shape index (κ1) is 18.8. The number of alkyl halides is 2. The number of halogens is 2. The van der Waals surface area contributed by atoms with E-state index in [-0.39, 0.29) is 12.1 Å². The fourth-order valence-corrected chi connectivity index (χ4v) is 5.51. The van der Waals surface area contributed by atoms with E-state index in [2.05, 4.69) is 26.9 Å². The van der Waals surface area contributed by atoms with Crippen LogP contribution in [0.1, 0.15) is 24.0 Å². The molecule has 1 aliphatic heterocycles. The van der Waals surface area contributed by atoms with Gasteiger partial charge in [-0.25, -0.2) is 14.3 Å². The van der Waals surface area contributed by atoms with Gasteiger partial charge in [0.15, 0.2) is 0 Å². The number of hydrogen-bond acceptors (Lipinski definition) is 5. The first-order valence-electron chi connectivity index (χ1n) is 9.86. The lowest BCUT2D eigenvalue weighted by molar-refractivity contribution is -0.0299. The van der Waals surface area contributed by atoms with Crippen LogP contribution in [-0.2, 0) is 12.5 Å². The van der Waals surface area contributed by atoms with Gasteiger partial charge in [-0.2, -0.15) is 8.78 Å². The molecule has 0 radical (unpaired) electrons. The summed E-state index contributed by atoms with van der Waals surface area (Å²) in [5.41, 5.74) is 1.77. The molecule has 0 spiro atoms. The van der Waals surface area contributed by atoms with E-state index in [1.807, 2.05) is 28.7 Å². The van der Waals surface area contributed by atoms with E-state index in [0.717, 1.165) is 41.0 Å². The molecule has 1 fully saturated rings. The quantitative estimate of drug-likeness (QED) is 0.625. The van der Waals surface area contributed by atoms with Gasteiger partial charge in [-0.3, -0.25) is 0 Å². The van der Waals surface area contributed by atoms with Crippen LogP contribution in [-0.4, -0.2) is 44.6 Å². The molecule has 5 rings (SSSR count). The Bertz CT molecular complexity index is 1020. The van der Waals surface area contributed by atoms with E-state index in [1.54, 1.807) is 30.4 Å². The monoisotopic (exact) mass is 415 g/mol. The number of fused-ring (bicyclic) bond motifs is 2. The minimum absolute atomic E-state index is 0.183. The summed E-state index contributed by atoms with van der Waals surface area (Å²) in [6.45, 7) is 0.371. The van der Waals surface area contributed by atoms with Crippen molar-refractivity contribution in [2.75, 3.05) is 24.2 Å². The van der Waals surface area contributed by atoms with Gasteiger partial charge in [0.1, 0.15) is 17.8 Å². The smallest absolute Gasteiger partial charge is 0.286 e. The van der Waals surface area contributed by atoms with Crippen LogP contribution < -0.4 is 4.90 Å². The molecule has 3 heterocycles. The van der Waals surface area contributed by atoms with E-state index in [1.165, 1.54) is 0 Å². The Morgan fingerprint density at radius 1 is 1.24 bits per heavy atom. The molecule has 0 bridgehead atoms. The molecule has 0 unspecified atom stereocenters. The number of rotatable bonds is 5. The highest BCUT2D eigenvalue weighted by Gasteiger charge is 2.41. The van der Waals surface area contributed by atoms with Gasteiger partial charge in [-0.1, -0.05) is 36.2 Å². The highest BCUT2D eigenvalue weighted by Crippen LogP contribution is 2.41. The highest BCUT2D eigenvalue weighted by atomic mass is 32.2. The molecule has 5 nitrogen and oxygen atoms in total. The van der Waals surface area contributed by atoms with Crippen molar-refractivity contribution in [2.45, 2.75) is 31.4 Å². The lowest BCUT2D eigenvalue weighted by Crippen LogP contribution is -2.44. The normalized spacial score (nSPS) is 23.6. The minimum Gasteiger partial charge on any atom is -0.356 e. The van der Waals surface area contributed by atoms with E-state index in [0.29, 0.717) is 18.5 Å². The maximum Gasteiger partial charge on any atom is 0.286 e. The van der Waals surface area contributed by atoms with Crippen LogP contribution >= 0.6 is 11.9 Å². The lowest BCUT2D eigenvalue weighted by atomic mass is 9.81. The zero-order valence-electron chi connectivity index (χ0n) is 16.2. The average Bonchev–Trinajstić information content (AvgIpc) is 3.15. The van der Waals surface area contributed by atoms with Crippen LogP contribution in [0.15, 0.2) is 42.9 Å². The minimum atomic E-state index is -2.78. The average molecular weight is 416 g/mol. The number of nitrogens with one attached hydrogen (secondary N) is 1. The number of benzene rings is 1. The molecule has 152 valence electrons. The summed E-state index contributed by atoms with van der Waals surface area (Å²) in [5.74, 6) is -0.410. The Kier molecular flexibility index (Phi) is 4.70. The van der Waals surface area contributed by atoms with E-state index in [4.69, 9.17) is 0 Å². The molecule has 29 heavy (non-hydrogen) atoms. The van der Waals surface area contributed by atoms with Crippen molar-refractivity contribution >= 4 is 28.8 Å². The van der Waals surface area contributed by atoms with Gasteiger partial charge < -0.3 is 9.88 Å². The van der Waals surface area contributed by atoms with Crippen LogP contribution in [0.25, 0.3) is 11.0 Å². The summed E-state index contributed by atoms with van der Waals surface area (Å²) < 4.78 is 30.7. The van der Waals surface area contributed by atoms with Crippen LogP contribution in [0.5, 0.6) is 0 Å². The van der Waals surface area contributed by atoms with E-state index >= 15 is 0 Å². The van der Waals surface area contributed by atoms with Gasteiger partial charge in [-0.15, -0.1) is 0 Å². The predicted molar refractivity (Wildman–Crippen MR) is 112 cm³/mol. The first-order chi connectivity index (χ1) is 14.0. The Morgan fingerprint density at radius 3 is 2.93 bits per heavy atom. The molecule has 0 amide bonds. The second kappa shape index (κ2) is 7.25. The first-order valence-corrected chi connectivity index (χ1v) is 10.8. The third-order valence-electron chi connectivity index (χ3n) is 6.05. The van der Waals surface area contributed by atoms with Gasteiger partial charge >= 0.3 is 0 Å². The van der Waals surface area contributed by atoms with Crippen LogP contribution in [0.4, 0.5) is 14.6 Å². The zero-order valence-corrected chi connectivity index (χ0v) is 17.0. The third-order valence-corrected chi connectivity index (χ3v) is 7.30. The van der Waals surface area contributed by atoms with Crippen LogP contribution in [0, 0.1) is 5.92 Å². The summed E-state index contributed by atoms with van der Waals surface area (Å²) >= 11 is 1.56. The SMILES string of the molecule is CN(c1ncnc2[nH]ccc12)C1CC(CSN2Cc3ccccc3C(F)(F)C2)C1. The number of aromatic amines is 1. The van der Waals surface area contributed by atoms with Gasteiger partial charge in [0.05, 0.1) is 11.9 Å². The molecule has 1 aliphatic carbocycles. The third kappa shape index (κ3) is 3.48. The fourth-order valence-electron chi connectivity index (χ4n) is 4.34. The van der Waals surface area contributed by atoms with E-state index in [9.17, 15) is 8.78 Å². The van der Waals surface area contributed by atoms with Crippen molar-refractivity contribution in [3.05, 3.63) is 54.0 Å². The highest BCUT2D eigenvalue weighted by molar-refractivity contribution is 7.97. The number of anilines is 1. The Labute approximate surface area is 172 Å². The van der Waals surface area contributed by atoms with Gasteiger partial charge in [0.25, 0.3) is 5.92 Å². The molecular weight excluding hydrogens is 392 g/mol. The van der Waals surface area contributed by atoms with Crippen LogP contribution in [0.3, 0.4) is 0 Å². The molecular formula is C21H23F2N5S. The number of hydrogen-bond donors (Lipinski definition) is 1. The summed E-state index contributed by atoms with van der Waals surface area (Å²) in [6.07, 6.45) is 5.58. The predicted octanol–water partition coefficient (Wildman–Crippen LogP) is 4.43. The maximum atomic E-state index is 14.4. The summed E-state index contributed by atoms with van der Waals surface area (Å²) in [6, 6.07) is 9.33. The van der Waals surface area contributed by atoms with Gasteiger partial charge in [-0.05, 0) is 30.4 Å². The largest absolute Gasteiger partial charge is 0.356 e. The van der Waals surface area contributed by atoms with Crippen molar-refractivity contribution in [2.24, 2.45) is 5.92 Å². The number of nitrogens with zero attached hydrogens (tertiary/aromatic N) is 4. The molecule has 8 heteroatoms. The fraction of sp³-hybridized carbons (Fsp3) is 0.429. The second-order valence-corrected chi connectivity index (χ2v) is 9.10. The summed E-state index contributed by atoms with van der Waals surface area (Å²) in [7, 11) is 2.07. The van der Waals surface area contributed by atoms with Crippen molar-refractivity contribution in [3.63, 3.8) is 0 Å². The number of aromatic nitrogens is 3. The molecule has 2 aliphatic rings. The molecule has 0 saturated heterocycles. The maximum absolute atomic E-state index is 14.4. The zero-order chi connectivity index (χ0) is 20.0. The topological polar surface area (TPSA) is 48.1 Å². The Hall–Kier alpha value is -2.19. The molecule has 0 atom stereocenters. The second-order valence-electron chi connectivity index (χ2n) is 7.99. The van der Waals surface area contributed by atoms with Crippen molar-refractivity contribution in [3.8, 4) is 0 Å². The van der Waals surface area contributed by atoms with Crippen molar-refractivity contribution in [1.82, 2.24) is 19.3 Å². The van der Waals surface area contributed by atoms with Gasteiger partial charge in [0.2, 0.25) is 0 Å². The number of H-pyrrole nitrogens is 1.